The zero-order valence-corrected chi connectivity index (χ0v) is 12.1. The molecule has 0 N–H and O–H groups in total. The lowest BCUT2D eigenvalue weighted by atomic mass is 10.1. The molecule has 0 amide bonds. The number of halogens is 2. The average molecular weight is 312 g/mol. The molecule has 104 valence electrons. The third-order valence-corrected chi connectivity index (χ3v) is 3.05. The molecule has 0 aliphatic rings. The summed E-state index contributed by atoms with van der Waals surface area (Å²) in [6.07, 6.45) is 0. The fraction of sp³-hybridized carbons (Fsp3) is 0.143. The van der Waals surface area contributed by atoms with Crippen molar-refractivity contribution in [3.05, 3.63) is 57.7 Å². The summed E-state index contributed by atoms with van der Waals surface area (Å²) in [6.45, 7) is 0.245. The van der Waals surface area contributed by atoms with E-state index in [9.17, 15) is 4.79 Å². The van der Waals surface area contributed by atoms with Crippen molar-refractivity contribution >= 4 is 29.2 Å². The summed E-state index contributed by atoms with van der Waals surface area (Å²) in [5.74, 6) is -0.0789. The second-order valence-corrected chi connectivity index (χ2v) is 4.69. The zero-order valence-electron chi connectivity index (χ0n) is 10.6. The predicted molar refractivity (Wildman–Crippen MR) is 76.4 cm³/mol. The number of methoxy groups -OCH3 is 1. The Bertz CT molecular complexity index is 632. The maximum atomic E-state index is 11.5. The smallest absolute Gasteiger partial charge is 0.339 e. The van der Waals surface area contributed by atoms with E-state index >= 15 is 0 Å². The third kappa shape index (κ3) is 3.62. The fourth-order valence-electron chi connectivity index (χ4n) is 1.56. The lowest BCUT2D eigenvalue weighted by molar-refractivity contribution is 0.0600. The quantitative estimate of drug-likeness (QED) is 0.637. The van der Waals surface area contributed by atoms with Gasteiger partial charge in [0.1, 0.15) is 11.8 Å². The summed E-state index contributed by atoms with van der Waals surface area (Å²) in [5, 5.41) is 0.690. The Kier molecular flexibility index (Phi) is 4.82. The lowest BCUT2D eigenvalue weighted by Gasteiger charge is -2.08. The number of pyridine rings is 1. The van der Waals surface area contributed by atoms with E-state index in [1.165, 1.54) is 7.11 Å². The van der Waals surface area contributed by atoms with Gasteiger partial charge in [-0.3, -0.25) is 0 Å². The highest BCUT2D eigenvalue weighted by molar-refractivity contribution is 6.33. The minimum atomic E-state index is -0.488. The van der Waals surface area contributed by atoms with E-state index in [4.69, 9.17) is 27.9 Å². The normalized spacial score (nSPS) is 10.2. The first kappa shape index (κ1) is 14.6. The number of carbonyl (C=O) groups excluding carboxylic acids is 1. The van der Waals surface area contributed by atoms with Gasteiger partial charge < -0.3 is 9.47 Å². The van der Waals surface area contributed by atoms with Crippen LogP contribution in [0.25, 0.3) is 0 Å². The summed E-state index contributed by atoms with van der Waals surface area (Å²) < 4.78 is 10.1. The number of ether oxygens (including phenoxy) is 2. The molecule has 2 aromatic rings. The Morgan fingerprint density at radius 3 is 2.75 bits per heavy atom. The molecule has 6 heteroatoms. The van der Waals surface area contributed by atoms with Crippen LogP contribution in [0, 0.1) is 0 Å². The zero-order chi connectivity index (χ0) is 14.5. The highest BCUT2D eigenvalue weighted by atomic mass is 35.5. The molecule has 0 unspecified atom stereocenters. The topological polar surface area (TPSA) is 48.4 Å². The molecule has 0 atom stereocenters. The molecule has 0 spiro atoms. The van der Waals surface area contributed by atoms with E-state index in [1.807, 2.05) is 0 Å². The van der Waals surface area contributed by atoms with Gasteiger partial charge in [-0.25, -0.2) is 9.78 Å². The van der Waals surface area contributed by atoms with Crippen LogP contribution in [0.2, 0.25) is 10.2 Å². The standard InChI is InChI=1S/C14H11Cl2NO3/c1-19-14(18)10-7-9(5-6-11(10)15)8-20-13-4-2-3-12(16)17-13/h2-7H,8H2,1H3. The van der Waals surface area contributed by atoms with Gasteiger partial charge in [-0.2, -0.15) is 0 Å². The molecule has 20 heavy (non-hydrogen) atoms. The first-order valence-electron chi connectivity index (χ1n) is 5.72. The molecule has 0 saturated heterocycles. The maximum Gasteiger partial charge on any atom is 0.339 e. The summed E-state index contributed by atoms with van der Waals surface area (Å²) >= 11 is 11.7. The van der Waals surface area contributed by atoms with E-state index in [0.717, 1.165) is 5.56 Å². The minimum absolute atomic E-state index is 0.245. The summed E-state index contributed by atoms with van der Waals surface area (Å²) in [5.41, 5.74) is 1.07. The van der Waals surface area contributed by atoms with Gasteiger partial charge >= 0.3 is 5.97 Å². The van der Waals surface area contributed by atoms with Gasteiger partial charge in [-0.15, -0.1) is 0 Å². The molecule has 1 aromatic carbocycles. The molecule has 2 rings (SSSR count). The van der Waals surface area contributed by atoms with Crippen LogP contribution in [0.1, 0.15) is 15.9 Å². The minimum Gasteiger partial charge on any atom is -0.473 e. The van der Waals surface area contributed by atoms with Crippen LogP contribution >= 0.6 is 23.2 Å². The van der Waals surface area contributed by atoms with Crippen LogP contribution in [-0.4, -0.2) is 18.1 Å². The van der Waals surface area contributed by atoms with Crippen molar-refractivity contribution in [2.24, 2.45) is 0 Å². The molecule has 0 aliphatic carbocycles. The lowest BCUT2D eigenvalue weighted by Crippen LogP contribution is -2.04. The number of hydrogen-bond acceptors (Lipinski definition) is 4. The van der Waals surface area contributed by atoms with Crippen LogP contribution in [0.4, 0.5) is 0 Å². The molecule has 1 heterocycles. The highest BCUT2D eigenvalue weighted by Crippen LogP contribution is 2.20. The molecule has 0 aliphatic heterocycles. The maximum absolute atomic E-state index is 11.5. The number of rotatable bonds is 4. The van der Waals surface area contributed by atoms with Crippen molar-refractivity contribution < 1.29 is 14.3 Å². The Labute approximate surface area is 126 Å². The molecule has 0 fully saturated rings. The van der Waals surface area contributed by atoms with E-state index in [2.05, 4.69) is 9.72 Å². The van der Waals surface area contributed by atoms with Crippen LogP contribution in [0.15, 0.2) is 36.4 Å². The monoisotopic (exact) mass is 311 g/mol. The van der Waals surface area contributed by atoms with Crippen molar-refractivity contribution in [3.8, 4) is 5.88 Å². The number of esters is 1. The fourth-order valence-corrected chi connectivity index (χ4v) is 1.91. The van der Waals surface area contributed by atoms with Crippen molar-refractivity contribution in [2.75, 3.05) is 7.11 Å². The number of nitrogens with zero attached hydrogens (tertiary/aromatic N) is 1. The molecule has 0 bridgehead atoms. The molecular formula is C14H11Cl2NO3. The van der Waals surface area contributed by atoms with Crippen molar-refractivity contribution in [1.82, 2.24) is 4.98 Å². The van der Waals surface area contributed by atoms with Crippen LogP contribution < -0.4 is 4.74 Å². The Morgan fingerprint density at radius 2 is 2.05 bits per heavy atom. The SMILES string of the molecule is COC(=O)c1cc(COc2cccc(Cl)n2)ccc1Cl. The van der Waals surface area contributed by atoms with Crippen LogP contribution in [-0.2, 0) is 11.3 Å². The van der Waals surface area contributed by atoms with Gasteiger partial charge in [0, 0.05) is 6.07 Å². The van der Waals surface area contributed by atoms with Crippen molar-refractivity contribution in [2.45, 2.75) is 6.61 Å². The van der Waals surface area contributed by atoms with Gasteiger partial charge in [-0.1, -0.05) is 35.3 Å². The number of hydrogen-bond donors (Lipinski definition) is 0. The predicted octanol–water partition coefficient (Wildman–Crippen LogP) is 3.75. The van der Waals surface area contributed by atoms with Gasteiger partial charge in [0.2, 0.25) is 5.88 Å². The van der Waals surface area contributed by atoms with E-state index in [-0.39, 0.29) is 6.61 Å². The molecule has 4 nitrogen and oxygen atoms in total. The Hall–Kier alpha value is -1.78. The van der Waals surface area contributed by atoms with E-state index in [1.54, 1.807) is 36.4 Å². The number of benzene rings is 1. The largest absolute Gasteiger partial charge is 0.473 e. The first-order chi connectivity index (χ1) is 9.60. The highest BCUT2D eigenvalue weighted by Gasteiger charge is 2.11. The van der Waals surface area contributed by atoms with E-state index < -0.39 is 5.97 Å². The number of aromatic nitrogens is 1. The van der Waals surface area contributed by atoms with E-state index in [0.29, 0.717) is 21.6 Å². The molecular weight excluding hydrogens is 301 g/mol. The summed E-state index contributed by atoms with van der Waals surface area (Å²) in [7, 11) is 1.30. The Morgan fingerprint density at radius 1 is 1.25 bits per heavy atom. The molecule has 0 radical (unpaired) electrons. The van der Waals surface area contributed by atoms with Crippen LogP contribution in [0.5, 0.6) is 5.88 Å². The van der Waals surface area contributed by atoms with Gasteiger partial charge in [0.05, 0.1) is 17.7 Å². The van der Waals surface area contributed by atoms with Crippen LogP contribution in [0.3, 0.4) is 0 Å². The van der Waals surface area contributed by atoms with Gasteiger partial charge in [-0.05, 0) is 23.8 Å². The summed E-state index contributed by atoms with van der Waals surface area (Å²) in [6, 6.07) is 10.1. The summed E-state index contributed by atoms with van der Waals surface area (Å²) in [4.78, 5) is 15.5. The third-order valence-electron chi connectivity index (χ3n) is 2.51. The second-order valence-electron chi connectivity index (χ2n) is 3.89. The first-order valence-corrected chi connectivity index (χ1v) is 6.48. The number of carbonyl (C=O) groups is 1. The molecule has 1 aromatic heterocycles. The van der Waals surface area contributed by atoms with Gasteiger partial charge in [0.15, 0.2) is 0 Å². The Balaban J connectivity index is 2.12. The second kappa shape index (κ2) is 6.59. The van der Waals surface area contributed by atoms with Gasteiger partial charge in [0.25, 0.3) is 0 Å². The van der Waals surface area contributed by atoms with Crippen molar-refractivity contribution in [3.63, 3.8) is 0 Å². The molecule has 0 saturated carbocycles. The van der Waals surface area contributed by atoms with Crippen molar-refractivity contribution in [1.29, 1.82) is 0 Å². The average Bonchev–Trinajstić information content (AvgIpc) is 2.45.